The van der Waals surface area contributed by atoms with Crippen LogP contribution in [0.1, 0.15) is 20.8 Å². The average Bonchev–Trinajstić information content (AvgIpc) is 2.32. The highest BCUT2D eigenvalue weighted by Gasteiger charge is 1.93. The molecule has 0 aliphatic heterocycles. The number of ether oxygens (including phenoxy) is 1. The van der Waals surface area contributed by atoms with E-state index in [0.717, 1.165) is 5.57 Å². The van der Waals surface area contributed by atoms with Gasteiger partial charge in [0.25, 0.3) is 0 Å². The van der Waals surface area contributed by atoms with Gasteiger partial charge < -0.3 is 10.2 Å². The van der Waals surface area contributed by atoms with Gasteiger partial charge in [-0.2, -0.15) is 0 Å². The van der Waals surface area contributed by atoms with Crippen molar-refractivity contribution in [3.8, 4) is 0 Å². The maximum absolute atomic E-state index is 12.5. The Morgan fingerprint density at radius 3 is 2.74 bits per heavy atom. The Morgan fingerprint density at radius 2 is 2.16 bits per heavy atom. The van der Waals surface area contributed by atoms with Gasteiger partial charge in [-0.05, 0) is 32.9 Å². The van der Waals surface area contributed by atoms with Gasteiger partial charge in [0.05, 0.1) is 0 Å². The molecule has 0 aromatic carbocycles. The summed E-state index contributed by atoms with van der Waals surface area (Å²) in [6.07, 6.45) is 10.5. The molecule has 5 heteroatoms. The fourth-order valence-corrected chi connectivity index (χ4v) is 1.00. The third-order valence-corrected chi connectivity index (χ3v) is 1.74. The number of nitrogens with two attached hydrogens (primary N) is 1. The zero-order valence-electron chi connectivity index (χ0n) is 11.6. The van der Waals surface area contributed by atoms with E-state index in [1.165, 1.54) is 25.4 Å². The van der Waals surface area contributed by atoms with Crippen molar-refractivity contribution in [3.63, 3.8) is 0 Å². The molecular formula is C14H22FN3O. The van der Waals surface area contributed by atoms with Crippen LogP contribution in [-0.2, 0) is 4.74 Å². The number of halogens is 1. The minimum Gasteiger partial charge on any atom is -0.473 e. The number of nitrogens with zero attached hydrogens (tertiary/aromatic N) is 1. The summed E-state index contributed by atoms with van der Waals surface area (Å²) >= 11 is 0. The van der Waals surface area contributed by atoms with Crippen LogP contribution in [0.2, 0.25) is 0 Å². The first-order valence-corrected chi connectivity index (χ1v) is 6.00. The summed E-state index contributed by atoms with van der Waals surface area (Å²) < 4.78 is 17.9. The van der Waals surface area contributed by atoms with Crippen molar-refractivity contribution < 1.29 is 9.13 Å². The Labute approximate surface area is 114 Å². The molecule has 0 fully saturated rings. The molecule has 1 atom stereocenters. The maximum Gasteiger partial charge on any atom is 0.213 e. The molecule has 0 aliphatic carbocycles. The van der Waals surface area contributed by atoms with Gasteiger partial charge in [-0.25, -0.2) is 9.38 Å². The Hall–Kier alpha value is -1.88. The predicted octanol–water partition coefficient (Wildman–Crippen LogP) is 2.77. The van der Waals surface area contributed by atoms with Crippen molar-refractivity contribution >= 4 is 5.90 Å². The first-order chi connectivity index (χ1) is 9.06. The maximum atomic E-state index is 12.5. The number of rotatable bonds is 7. The lowest BCUT2D eigenvalue weighted by atomic mass is 10.3. The van der Waals surface area contributed by atoms with E-state index in [-0.39, 0.29) is 0 Å². The zero-order valence-corrected chi connectivity index (χ0v) is 11.6. The van der Waals surface area contributed by atoms with Crippen LogP contribution in [0.25, 0.3) is 0 Å². The van der Waals surface area contributed by atoms with Gasteiger partial charge in [-0.3, -0.25) is 5.84 Å². The molecule has 0 aromatic heterocycles. The summed E-state index contributed by atoms with van der Waals surface area (Å²) in [4.78, 5) is 4.08. The molecule has 1 unspecified atom stereocenters. The number of aliphatic imine (C=N–C) groups is 1. The van der Waals surface area contributed by atoms with Gasteiger partial charge in [0, 0.05) is 12.4 Å². The van der Waals surface area contributed by atoms with Crippen LogP contribution in [0, 0.1) is 0 Å². The lowest BCUT2D eigenvalue weighted by molar-refractivity contribution is 0.353. The van der Waals surface area contributed by atoms with E-state index >= 15 is 0 Å². The third-order valence-electron chi connectivity index (χ3n) is 1.74. The zero-order chi connectivity index (χ0) is 14.5. The molecule has 0 bridgehead atoms. The van der Waals surface area contributed by atoms with Crippen molar-refractivity contribution in [2.24, 2.45) is 10.8 Å². The number of hydrazine groups is 1. The Morgan fingerprint density at radius 1 is 1.42 bits per heavy atom. The number of hydrogen-bond acceptors (Lipinski definition) is 4. The highest BCUT2D eigenvalue weighted by Crippen LogP contribution is 1.96. The summed E-state index contributed by atoms with van der Waals surface area (Å²) in [6.45, 7) is 5.73. The molecule has 4 nitrogen and oxygen atoms in total. The van der Waals surface area contributed by atoms with E-state index in [9.17, 15) is 4.39 Å². The third kappa shape index (κ3) is 12.4. The first kappa shape index (κ1) is 17.1. The summed E-state index contributed by atoms with van der Waals surface area (Å²) in [5.74, 6) is 5.57. The molecule has 0 heterocycles. The number of hydrogen-bond donors (Lipinski definition) is 2. The Bertz CT molecular complexity index is 378. The van der Waals surface area contributed by atoms with Crippen molar-refractivity contribution in [2.45, 2.75) is 26.9 Å². The van der Waals surface area contributed by atoms with Crippen molar-refractivity contribution in [1.29, 1.82) is 0 Å². The predicted molar refractivity (Wildman–Crippen MR) is 78.1 cm³/mol. The fourth-order valence-electron chi connectivity index (χ4n) is 1.00. The monoisotopic (exact) mass is 267 g/mol. The number of alkyl halides is 1. The molecule has 0 rings (SSSR count). The van der Waals surface area contributed by atoms with Gasteiger partial charge in [-0.1, -0.05) is 23.8 Å². The van der Waals surface area contributed by atoms with Crippen LogP contribution < -0.4 is 11.3 Å². The summed E-state index contributed by atoms with van der Waals surface area (Å²) in [5.41, 5.74) is 3.42. The van der Waals surface area contributed by atoms with E-state index in [1.54, 1.807) is 18.2 Å². The molecule has 0 amide bonds. The van der Waals surface area contributed by atoms with Gasteiger partial charge >= 0.3 is 0 Å². The Kier molecular flexibility index (Phi) is 10.1. The van der Waals surface area contributed by atoms with Crippen LogP contribution in [0.15, 0.2) is 53.3 Å². The SMILES string of the molecule is CC(C)=CC(=N/C=C/NN)OC/C=C\C=C/C(C)F. The van der Waals surface area contributed by atoms with Crippen molar-refractivity contribution in [1.82, 2.24) is 5.43 Å². The highest BCUT2D eigenvalue weighted by atomic mass is 19.1. The summed E-state index contributed by atoms with van der Waals surface area (Å²) in [5, 5.41) is 0. The van der Waals surface area contributed by atoms with Crippen molar-refractivity contribution in [3.05, 3.63) is 48.4 Å². The molecule has 0 saturated heterocycles. The second-order valence-corrected chi connectivity index (χ2v) is 3.97. The number of nitrogens with one attached hydrogen (secondary N) is 1. The first-order valence-electron chi connectivity index (χ1n) is 6.00. The molecule has 0 aromatic rings. The van der Waals surface area contributed by atoms with E-state index in [4.69, 9.17) is 10.6 Å². The lowest BCUT2D eigenvalue weighted by Gasteiger charge is -2.02. The van der Waals surface area contributed by atoms with Crippen LogP contribution in [0.4, 0.5) is 4.39 Å². The van der Waals surface area contributed by atoms with Crippen LogP contribution in [0.5, 0.6) is 0 Å². The lowest BCUT2D eigenvalue weighted by Crippen LogP contribution is -2.12. The van der Waals surface area contributed by atoms with Crippen LogP contribution in [0.3, 0.4) is 0 Å². The molecule has 0 spiro atoms. The molecule has 3 N–H and O–H groups in total. The minimum atomic E-state index is -0.942. The molecule has 0 aliphatic rings. The largest absolute Gasteiger partial charge is 0.473 e. The van der Waals surface area contributed by atoms with E-state index < -0.39 is 6.17 Å². The Balaban J connectivity index is 4.32. The van der Waals surface area contributed by atoms with E-state index in [0.29, 0.717) is 12.5 Å². The average molecular weight is 267 g/mol. The smallest absolute Gasteiger partial charge is 0.213 e. The molecule has 19 heavy (non-hydrogen) atoms. The quantitative estimate of drug-likeness (QED) is 0.245. The summed E-state index contributed by atoms with van der Waals surface area (Å²) in [7, 11) is 0. The van der Waals surface area contributed by atoms with Gasteiger partial charge in [0.2, 0.25) is 5.90 Å². The van der Waals surface area contributed by atoms with Crippen LogP contribution in [-0.4, -0.2) is 18.7 Å². The highest BCUT2D eigenvalue weighted by molar-refractivity contribution is 5.88. The van der Waals surface area contributed by atoms with Gasteiger partial charge in [-0.15, -0.1) is 0 Å². The molecular weight excluding hydrogens is 245 g/mol. The molecule has 0 radical (unpaired) electrons. The van der Waals surface area contributed by atoms with E-state index in [1.807, 2.05) is 19.9 Å². The second kappa shape index (κ2) is 11.2. The standard InChI is InChI=1S/C14H22FN3O/c1-12(2)11-14(17-8-9-18-16)19-10-6-4-5-7-13(3)15/h4-9,11,13,18H,10,16H2,1-3H3/b6-4-,7-5-,9-8+,17-14?. The fraction of sp³-hybridized carbons (Fsp3) is 0.357. The van der Waals surface area contributed by atoms with Gasteiger partial charge in [0.15, 0.2) is 0 Å². The van der Waals surface area contributed by atoms with Crippen molar-refractivity contribution in [2.75, 3.05) is 6.61 Å². The second-order valence-electron chi connectivity index (χ2n) is 3.97. The van der Waals surface area contributed by atoms with Crippen LogP contribution >= 0.6 is 0 Å². The summed E-state index contributed by atoms with van der Waals surface area (Å²) in [6, 6.07) is 0. The van der Waals surface area contributed by atoms with Gasteiger partial charge in [0.1, 0.15) is 12.8 Å². The van der Waals surface area contributed by atoms with E-state index in [2.05, 4.69) is 10.4 Å². The minimum absolute atomic E-state index is 0.359. The topological polar surface area (TPSA) is 59.6 Å². The molecule has 106 valence electrons. The molecule has 0 saturated carbocycles. The normalized spacial score (nSPS) is 14.3. The number of allylic oxidation sites excluding steroid dienone is 4.